The van der Waals surface area contributed by atoms with Gasteiger partial charge in [-0.1, -0.05) is 42.5 Å². The largest absolute Gasteiger partial charge is 0.480 e. The molecule has 0 saturated heterocycles. The molecule has 0 saturated carbocycles. The number of hydrogen-bond donors (Lipinski definition) is 3. The number of aliphatic carboxylic acids is 1. The van der Waals surface area contributed by atoms with Crippen molar-refractivity contribution >= 4 is 27.8 Å². The number of hydrogen-bond acceptors (Lipinski definition) is 6. The summed E-state index contributed by atoms with van der Waals surface area (Å²) in [7, 11) is -4.14. The van der Waals surface area contributed by atoms with Crippen LogP contribution in [-0.4, -0.2) is 47.8 Å². The highest BCUT2D eigenvalue weighted by atomic mass is 32.2. The normalized spacial score (nSPS) is 16.7. The second kappa shape index (κ2) is 8.02. The third-order valence-corrected chi connectivity index (χ3v) is 6.09. The zero-order chi connectivity index (χ0) is 21.2. The average molecular weight is 417 g/mol. The highest BCUT2D eigenvalue weighted by molar-refractivity contribution is 7.90. The lowest BCUT2D eigenvalue weighted by Gasteiger charge is -2.23. The number of nitrogens with zero attached hydrogens (tertiary/aromatic N) is 1. The monoisotopic (exact) mass is 417 g/mol. The fourth-order valence-corrected chi connectivity index (χ4v) is 4.39. The molecule has 1 aliphatic heterocycles. The van der Waals surface area contributed by atoms with Crippen molar-refractivity contribution in [3.8, 4) is 0 Å². The summed E-state index contributed by atoms with van der Waals surface area (Å²) in [5.41, 5.74) is 3.08. The van der Waals surface area contributed by atoms with Crippen molar-refractivity contribution in [3.63, 3.8) is 0 Å². The molecule has 10 heteroatoms. The SMILES string of the molecule is C[C@H](NN1C(=O)c2ccccc2S1(=O)=O)C(=O)N[C@@H](Cc1ccccc1)C(=O)O. The van der Waals surface area contributed by atoms with Gasteiger partial charge in [0.2, 0.25) is 5.91 Å². The Morgan fingerprint density at radius 2 is 1.69 bits per heavy atom. The zero-order valence-corrected chi connectivity index (χ0v) is 16.2. The average Bonchev–Trinajstić information content (AvgIpc) is 2.89. The highest BCUT2D eigenvalue weighted by Gasteiger charge is 2.42. The first kappa shape index (κ1) is 20.5. The molecule has 0 spiro atoms. The minimum atomic E-state index is -4.14. The second-order valence-electron chi connectivity index (χ2n) is 6.51. The van der Waals surface area contributed by atoms with E-state index >= 15 is 0 Å². The van der Waals surface area contributed by atoms with Gasteiger partial charge in [0, 0.05) is 6.42 Å². The summed E-state index contributed by atoms with van der Waals surface area (Å²) >= 11 is 0. The molecule has 0 radical (unpaired) electrons. The summed E-state index contributed by atoms with van der Waals surface area (Å²) in [6.45, 7) is 1.34. The summed E-state index contributed by atoms with van der Waals surface area (Å²) in [5, 5.41) is 11.8. The maximum atomic E-state index is 12.5. The summed E-state index contributed by atoms with van der Waals surface area (Å²) in [4.78, 5) is 36.2. The predicted octanol–water partition coefficient (Wildman–Crippen LogP) is 0.536. The van der Waals surface area contributed by atoms with E-state index in [9.17, 15) is 27.9 Å². The molecule has 152 valence electrons. The van der Waals surface area contributed by atoms with Gasteiger partial charge in [-0.15, -0.1) is 0 Å². The van der Waals surface area contributed by atoms with Crippen molar-refractivity contribution in [3.05, 3.63) is 65.7 Å². The van der Waals surface area contributed by atoms with E-state index in [1.54, 1.807) is 30.3 Å². The van der Waals surface area contributed by atoms with Crippen LogP contribution >= 0.6 is 0 Å². The van der Waals surface area contributed by atoms with Gasteiger partial charge in [-0.25, -0.2) is 10.2 Å². The fraction of sp³-hybridized carbons (Fsp3) is 0.211. The molecule has 1 aliphatic rings. The van der Waals surface area contributed by atoms with Crippen LogP contribution in [0.25, 0.3) is 0 Å². The van der Waals surface area contributed by atoms with Crippen LogP contribution in [0.5, 0.6) is 0 Å². The first-order valence-corrected chi connectivity index (χ1v) is 10.2. The summed E-state index contributed by atoms with van der Waals surface area (Å²) in [5.74, 6) is -2.79. The molecule has 1 heterocycles. The van der Waals surface area contributed by atoms with Crippen LogP contribution in [0, 0.1) is 0 Å². The van der Waals surface area contributed by atoms with Gasteiger partial charge in [0.15, 0.2) is 0 Å². The Morgan fingerprint density at radius 3 is 2.31 bits per heavy atom. The lowest BCUT2D eigenvalue weighted by atomic mass is 10.1. The third-order valence-electron chi connectivity index (χ3n) is 4.42. The first-order valence-electron chi connectivity index (χ1n) is 8.74. The minimum absolute atomic E-state index is 0.0000910. The highest BCUT2D eigenvalue weighted by Crippen LogP contribution is 2.28. The van der Waals surface area contributed by atoms with Crippen LogP contribution in [0.15, 0.2) is 59.5 Å². The van der Waals surface area contributed by atoms with Gasteiger partial charge in [-0.2, -0.15) is 12.8 Å². The second-order valence-corrected chi connectivity index (χ2v) is 8.27. The van der Waals surface area contributed by atoms with Gasteiger partial charge in [-0.3, -0.25) is 9.59 Å². The van der Waals surface area contributed by atoms with E-state index < -0.39 is 39.9 Å². The number of carboxylic acid groups (broad SMARTS) is 1. The quantitative estimate of drug-likeness (QED) is 0.599. The molecule has 0 aliphatic carbocycles. The van der Waals surface area contributed by atoms with E-state index in [0.717, 1.165) is 0 Å². The molecule has 0 bridgehead atoms. The molecule has 9 nitrogen and oxygen atoms in total. The first-order chi connectivity index (χ1) is 13.7. The minimum Gasteiger partial charge on any atom is -0.480 e. The molecule has 2 aromatic rings. The lowest BCUT2D eigenvalue weighted by Crippen LogP contribution is -2.55. The van der Waals surface area contributed by atoms with Crippen molar-refractivity contribution in [2.45, 2.75) is 30.3 Å². The van der Waals surface area contributed by atoms with E-state index in [4.69, 9.17) is 0 Å². The summed E-state index contributed by atoms with van der Waals surface area (Å²) in [6, 6.07) is 12.1. The number of sulfonamides is 1. The van der Waals surface area contributed by atoms with Crippen LogP contribution in [-0.2, 0) is 26.0 Å². The lowest BCUT2D eigenvalue weighted by molar-refractivity contribution is -0.142. The van der Waals surface area contributed by atoms with Crippen LogP contribution in [0.4, 0.5) is 0 Å². The molecule has 2 amide bonds. The van der Waals surface area contributed by atoms with Gasteiger partial charge < -0.3 is 10.4 Å². The third kappa shape index (κ3) is 4.13. The zero-order valence-electron chi connectivity index (χ0n) is 15.4. The van der Waals surface area contributed by atoms with Crippen molar-refractivity contribution in [2.24, 2.45) is 0 Å². The van der Waals surface area contributed by atoms with E-state index in [1.807, 2.05) is 0 Å². The molecule has 2 atom stereocenters. The number of benzene rings is 2. The van der Waals surface area contributed by atoms with Crippen molar-refractivity contribution < 1.29 is 27.9 Å². The molecule has 29 heavy (non-hydrogen) atoms. The van der Waals surface area contributed by atoms with Gasteiger partial charge in [0.05, 0.1) is 5.56 Å². The number of nitrogens with one attached hydrogen (secondary N) is 2. The number of carbonyl (C=O) groups excluding carboxylic acids is 2. The summed E-state index contributed by atoms with van der Waals surface area (Å²) in [6.07, 6.45) is 0.0566. The predicted molar refractivity (Wildman–Crippen MR) is 102 cm³/mol. The van der Waals surface area contributed by atoms with Crippen LogP contribution in [0.1, 0.15) is 22.8 Å². The van der Waals surface area contributed by atoms with Crippen LogP contribution < -0.4 is 10.7 Å². The smallest absolute Gasteiger partial charge is 0.326 e. The van der Waals surface area contributed by atoms with Crippen molar-refractivity contribution in [1.29, 1.82) is 0 Å². The van der Waals surface area contributed by atoms with E-state index in [1.165, 1.54) is 31.2 Å². The van der Waals surface area contributed by atoms with E-state index in [2.05, 4.69) is 10.7 Å². The maximum absolute atomic E-state index is 12.5. The van der Waals surface area contributed by atoms with Gasteiger partial charge in [0.1, 0.15) is 17.0 Å². The van der Waals surface area contributed by atoms with E-state index in [-0.39, 0.29) is 16.9 Å². The molecule has 0 aromatic heterocycles. The Hall–Kier alpha value is -3.24. The Bertz CT molecular complexity index is 1050. The summed E-state index contributed by atoms with van der Waals surface area (Å²) < 4.78 is 25.5. The molecule has 2 aromatic carbocycles. The Labute approximate surface area is 167 Å². The molecule has 0 unspecified atom stereocenters. The number of fused-ring (bicyclic) bond motifs is 1. The topological polar surface area (TPSA) is 133 Å². The van der Waals surface area contributed by atoms with E-state index in [0.29, 0.717) is 9.98 Å². The van der Waals surface area contributed by atoms with Gasteiger partial charge >= 0.3 is 5.97 Å². The van der Waals surface area contributed by atoms with Gasteiger partial charge in [0.25, 0.3) is 15.9 Å². The standard InChI is InChI=1S/C19H19N3O6S/c1-12(17(23)20-15(19(25)26)11-13-7-3-2-4-8-13)21-22-18(24)14-9-5-6-10-16(14)29(22,27)28/h2-10,12,15,21H,11H2,1H3,(H,20,23)(H,25,26)/t12-,15-/m0/s1. The molecule has 0 fully saturated rings. The fourth-order valence-electron chi connectivity index (χ4n) is 2.89. The Balaban J connectivity index is 1.70. The van der Waals surface area contributed by atoms with Crippen molar-refractivity contribution in [2.75, 3.05) is 0 Å². The molecular weight excluding hydrogens is 398 g/mol. The Kier molecular flexibility index (Phi) is 5.66. The maximum Gasteiger partial charge on any atom is 0.326 e. The number of hydrazine groups is 1. The van der Waals surface area contributed by atoms with Crippen molar-refractivity contribution in [1.82, 2.24) is 15.2 Å². The molecule has 3 N–H and O–H groups in total. The number of carboxylic acids is 1. The Morgan fingerprint density at radius 1 is 1.07 bits per heavy atom. The van der Waals surface area contributed by atoms with Crippen LogP contribution in [0.3, 0.4) is 0 Å². The number of amides is 2. The number of carbonyl (C=O) groups is 3. The number of rotatable bonds is 7. The molecule has 3 rings (SSSR count). The van der Waals surface area contributed by atoms with Gasteiger partial charge in [-0.05, 0) is 24.6 Å². The van der Waals surface area contributed by atoms with Crippen LogP contribution in [0.2, 0.25) is 0 Å². The molecular formula is C19H19N3O6S.